The SMILES string of the molecule is CCn1cnnc1C1CCN(C(=O)c2ccc(OC)c([N+](=O)[O-])c2)CC1. The molecule has 0 unspecified atom stereocenters. The van der Waals surface area contributed by atoms with Gasteiger partial charge >= 0.3 is 5.69 Å². The number of nitro groups is 1. The Morgan fingerprint density at radius 1 is 1.38 bits per heavy atom. The highest BCUT2D eigenvalue weighted by atomic mass is 16.6. The second-order valence-corrected chi connectivity index (χ2v) is 6.19. The molecule has 0 spiro atoms. The van der Waals surface area contributed by atoms with Crippen LogP contribution < -0.4 is 4.74 Å². The van der Waals surface area contributed by atoms with Crippen molar-refractivity contribution >= 4 is 11.6 Å². The van der Waals surface area contributed by atoms with E-state index in [9.17, 15) is 14.9 Å². The van der Waals surface area contributed by atoms with E-state index in [2.05, 4.69) is 10.2 Å². The lowest BCUT2D eigenvalue weighted by Gasteiger charge is -2.31. The Bertz CT molecular complexity index is 811. The summed E-state index contributed by atoms with van der Waals surface area (Å²) in [4.78, 5) is 25.1. The third-order valence-corrected chi connectivity index (χ3v) is 4.76. The number of benzene rings is 1. The fourth-order valence-corrected chi connectivity index (χ4v) is 3.31. The van der Waals surface area contributed by atoms with Gasteiger partial charge in [0.05, 0.1) is 12.0 Å². The van der Waals surface area contributed by atoms with Gasteiger partial charge in [0.1, 0.15) is 12.2 Å². The summed E-state index contributed by atoms with van der Waals surface area (Å²) >= 11 is 0. The number of likely N-dealkylation sites (tertiary alicyclic amines) is 1. The number of nitrogens with zero attached hydrogens (tertiary/aromatic N) is 5. The van der Waals surface area contributed by atoms with Crippen molar-refractivity contribution in [3.63, 3.8) is 0 Å². The molecule has 1 aliphatic heterocycles. The van der Waals surface area contributed by atoms with Crippen molar-refractivity contribution < 1.29 is 14.5 Å². The van der Waals surface area contributed by atoms with E-state index in [0.717, 1.165) is 25.2 Å². The first kappa shape index (κ1) is 17.8. The van der Waals surface area contributed by atoms with Crippen LogP contribution >= 0.6 is 0 Å². The van der Waals surface area contributed by atoms with Gasteiger partial charge < -0.3 is 14.2 Å². The predicted octanol–water partition coefficient (Wildman–Crippen LogP) is 2.23. The fourth-order valence-electron chi connectivity index (χ4n) is 3.31. The monoisotopic (exact) mass is 359 g/mol. The summed E-state index contributed by atoms with van der Waals surface area (Å²) in [6, 6.07) is 4.30. The molecule has 0 bridgehead atoms. The smallest absolute Gasteiger partial charge is 0.311 e. The Morgan fingerprint density at radius 3 is 2.73 bits per heavy atom. The second kappa shape index (κ2) is 7.51. The molecule has 0 aliphatic carbocycles. The Morgan fingerprint density at radius 2 is 2.12 bits per heavy atom. The number of methoxy groups -OCH3 is 1. The molecule has 0 radical (unpaired) electrons. The van der Waals surface area contributed by atoms with Crippen molar-refractivity contribution in [3.8, 4) is 5.75 Å². The van der Waals surface area contributed by atoms with E-state index in [0.29, 0.717) is 18.7 Å². The molecule has 1 aromatic heterocycles. The fraction of sp³-hybridized carbons (Fsp3) is 0.471. The lowest BCUT2D eigenvalue weighted by molar-refractivity contribution is -0.385. The molecule has 0 atom stereocenters. The van der Waals surface area contributed by atoms with Gasteiger partial charge in [-0.15, -0.1) is 10.2 Å². The molecular weight excluding hydrogens is 338 g/mol. The summed E-state index contributed by atoms with van der Waals surface area (Å²) in [5.74, 6) is 1.17. The molecule has 9 heteroatoms. The van der Waals surface area contributed by atoms with Crippen LogP contribution in [-0.4, -0.2) is 50.7 Å². The molecule has 3 rings (SSSR count). The third-order valence-electron chi connectivity index (χ3n) is 4.76. The number of carbonyl (C=O) groups is 1. The van der Waals surface area contributed by atoms with Gasteiger partial charge in [0.15, 0.2) is 5.75 Å². The summed E-state index contributed by atoms with van der Waals surface area (Å²) in [7, 11) is 1.36. The molecule has 1 aromatic carbocycles. The van der Waals surface area contributed by atoms with Gasteiger partial charge in [0.2, 0.25) is 0 Å². The molecule has 1 fully saturated rings. The molecule has 0 N–H and O–H groups in total. The van der Waals surface area contributed by atoms with Crippen molar-refractivity contribution in [2.45, 2.75) is 32.2 Å². The third kappa shape index (κ3) is 3.37. The van der Waals surface area contributed by atoms with Crippen LogP contribution in [-0.2, 0) is 6.54 Å². The number of rotatable bonds is 5. The topological polar surface area (TPSA) is 103 Å². The number of carbonyl (C=O) groups excluding carboxylic acids is 1. The average molecular weight is 359 g/mol. The molecule has 0 saturated carbocycles. The molecule has 1 aliphatic rings. The van der Waals surface area contributed by atoms with Crippen LogP contribution in [0.1, 0.15) is 41.9 Å². The maximum Gasteiger partial charge on any atom is 0.311 e. The zero-order valence-electron chi connectivity index (χ0n) is 14.8. The largest absolute Gasteiger partial charge is 0.490 e. The van der Waals surface area contributed by atoms with Gasteiger partial charge in [0.25, 0.3) is 5.91 Å². The lowest BCUT2D eigenvalue weighted by Crippen LogP contribution is -2.38. The minimum Gasteiger partial charge on any atom is -0.490 e. The molecule has 1 amide bonds. The van der Waals surface area contributed by atoms with Crippen LogP contribution in [0.4, 0.5) is 5.69 Å². The Hall–Kier alpha value is -2.97. The van der Waals surface area contributed by atoms with Gasteiger partial charge in [0, 0.05) is 37.2 Å². The molecule has 26 heavy (non-hydrogen) atoms. The van der Waals surface area contributed by atoms with Gasteiger partial charge in [-0.25, -0.2) is 0 Å². The number of piperidine rings is 1. The minimum absolute atomic E-state index is 0.143. The van der Waals surface area contributed by atoms with Gasteiger partial charge in [-0.3, -0.25) is 14.9 Å². The first-order valence-corrected chi connectivity index (χ1v) is 8.54. The Kier molecular flexibility index (Phi) is 5.15. The Balaban J connectivity index is 1.71. The van der Waals surface area contributed by atoms with Crippen molar-refractivity contribution in [2.24, 2.45) is 0 Å². The highest BCUT2D eigenvalue weighted by molar-refractivity contribution is 5.95. The van der Waals surface area contributed by atoms with E-state index in [4.69, 9.17) is 4.74 Å². The number of hydrogen-bond donors (Lipinski definition) is 0. The van der Waals surface area contributed by atoms with E-state index >= 15 is 0 Å². The first-order valence-electron chi connectivity index (χ1n) is 8.54. The minimum atomic E-state index is -0.542. The summed E-state index contributed by atoms with van der Waals surface area (Å²) < 4.78 is 7.01. The molecule has 2 heterocycles. The number of amides is 1. The number of ether oxygens (including phenoxy) is 1. The zero-order valence-corrected chi connectivity index (χ0v) is 14.8. The number of hydrogen-bond acceptors (Lipinski definition) is 6. The number of aromatic nitrogens is 3. The van der Waals surface area contributed by atoms with Crippen molar-refractivity contribution in [1.82, 2.24) is 19.7 Å². The maximum atomic E-state index is 12.7. The van der Waals surface area contributed by atoms with Crippen molar-refractivity contribution in [3.05, 3.63) is 46.0 Å². The standard InChI is InChI=1S/C17H21N5O4/c1-3-20-11-18-19-16(20)12-6-8-21(9-7-12)17(23)13-4-5-15(26-2)14(10-13)22(24)25/h4-5,10-12H,3,6-9H2,1-2H3. The van der Waals surface area contributed by atoms with Crippen molar-refractivity contribution in [1.29, 1.82) is 0 Å². The maximum absolute atomic E-state index is 12.7. The second-order valence-electron chi connectivity index (χ2n) is 6.19. The van der Waals surface area contributed by atoms with Crippen molar-refractivity contribution in [2.75, 3.05) is 20.2 Å². The normalized spacial score (nSPS) is 15.1. The average Bonchev–Trinajstić information content (AvgIpc) is 3.15. The van der Waals surface area contributed by atoms with Crippen LogP contribution in [0.5, 0.6) is 5.75 Å². The van der Waals surface area contributed by atoms with E-state index in [1.165, 1.54) is 19.2 Å². The zero-order chi connectivity index (χ0) is 18.7. The van der Waals surface area contributed by atoms with Gasteiger partial charge in [-0.05, 0) is 31.9 Å². The van der Waals surface area contributed by atoms with Crippen LogP contribution in [0.25, 0.3) is 0 Å². The molecule has 2 aromatic rings. The lowest BCUT2D eigenvalue weighted by atomic mass is 9.95. The number of aryl methyl sites for hydroxylation is 1. The summed E-state index contributed by atoms with van der Waals surface area (Å²) in [6.45, 7) is 4.03. The molecule has 1 saturated heterocycles. The van der Waals surface area contributed by atoms with Crippen LogP contribution in [0, 0.1) is 10.1 Å². The van der Waals surface area contributed by atoms with E-state index in [1.807, 2.05) is 11.5 Å². The number of nitro benzene ring substituents is 1. The van der Waals surface area contributed by atoms with E-state index in [1.54, 1.807) is 17.3 Å². The van der Waals surface area contributed by atoms with E-state index < -0.39 is 4.92 Å². The summed E-state index contributed by atoms with van der Waals surface area (Å²) in [5, 5.41) is 19.3. The molecule has 9 nitrogen and oxygen atoms in total. The Labute approximate surface area is 150 Å². The van der Waals surface area contributed by atoms with Crippen LogP contribution in [0.2, 0.25) is 0 Å². The summed E-state index contributed by atoms with van der Waals surface area (Å²) in [6.07, 6.45) is 3.31. The molecule has 138 valence electrons. The van der Waals surface area contributed by atoms with E-state index in [-0.39, 0.29) is 23.3 Å². The summed E-state index contributed by atoms with van der Waals surface area (Å²) in [5.41, 5.74) is 0.0944. The highest BCUT2D eigenvalue weighted by Gasteiger charge is 2.28. The predicted molar refractivity (Wildman–Crippen MR) is 93.2 cm³/mol. The van der Waals surface area contributed by atoms with Gasteiger partial charge in [-0.1, -0.05) is 0 Å². The first-order chi connectivity index (χ1) is 12.5. The quantitative estimate of drug-likeness (QED) is 0.599. The van der Waals surface area contributed by atoms with Crippen LogP contribution in [0.15, 0.2) is 24.5 Å². The van der Waals surface area contributed by atoms with Gasteiger partial charge in [-0.2, -0.15) is 0 Å². The highest BCUT2D eigenvalue weighted by Crippen LogP contribution is 2.30. The molecular formula is C17H21N5O4. The van der Waals surface area contributed by atoms with Crippen LogP contribution in [0.3, 0.4) is 0 Å².